The second-order valence-corrected chi connectivity index (χ2v) is 8.48. The molecule has 0 aliphatic heterocycles. The summed E-state index contributed by atoms with van der Waals surface area (Å²) < 4.78 is 0. The van der Waals surface area contributed by atoms with Gasteiger partial charge in [0.15, 0.2) is 0 Å². The van der Waals surface area contributed by atoms with E-state index in [0.29, 0.717) is 12.8 Å². The molecule has 0 spiro atoms. The lowest BCUT2D eigenvalue weighted by molar-refractivity contribution is 0.299. The number of anilines is 3. The molecule has 3 nitrogen and oxygen atoms in total. The number of aliphatic hydroxyl groups excluding tert-OH is 2. The zero-order valence-corrected chi connectivity index (χ0v) is 19.3. The van der Waals surface area contributed by atoms with Gasteiger partial charge in [-0.2, -0.15) is 0 Å². The van der Waals surface area contributed by atoms with E-state index < -0.39 is 0 Å². The number of nitrogens with zero attached hydrogens (tertiary/aromatic N) is 1. The highest BCUT2D eigenvalue weighted by atomic mass is 16.3. The molecule has 0 aliphatic rings. The Bertz CT molecular complexity index is 1130. The van der Waals surface area contributed by atoms with E-state index in [1.54, 1.807) is 0 Å². The lowest BCUT2D eigenvalue weighted by atomic mass is 9.98. The van der Waals surface area contributed by atoms with Crippen molar-refractivity contribution in [2.24, 2.45) is 0 Å². The summed E-state index contributed by atoms with van der Waals surface area (Å²) in [6, 6.07) is 32.0. The van der Waals surface area contributed by atoms with Gasteiger partial charge in [0.25, 0.3) is 0 Å². The zero-order valence-electron chi connectivity index (χ0n) is 19.3. The molecule has 2 N–H and O–H groups in total. The first-order valence-electron chi connectivity index (χ1n) is 11.5. The van der Waals surface area contributed by atoms with Crippen LogP contribution in [0, 0.1) is 13.8 Å². The topological polar surface area (TPSA) is 43.7 Å². The fourth-order valence-corrected chi connectivity index (χ4v) is 4.26. The summed E-state index contributed by atoms with van der Waals surface area (Å²) in [7, 11) is 0. The molecule has 0 bridgehead atoms. The molecule has 4 aromatic carbocycles. The van der Waals surface area contributed by atoms with Gasteiger partial charge in [-0.05, 0) is 90.9 Å². The first kappa shape index (κ1) is 22.8. The van der Waals surface area contributed by atoms with Crippen LogP contribution in [0.3, 0.4) is 0 Å². The fourth-order valence-electron chi connectivity index (χ4n) is 4.26. The molecule has 33 heavy (non-hydrogen) atoms. The van der Waals surface area contributed by atoms with Gasteiger partial charge in [0.1, 0.15) is 0 Å². The zero-order chi connectivity index (χ0) is 23.2. The smallest absolute Gasteiger partial charge is 0.0471 e. The van der Waals surface area contributed by atoms with Crippen LogP contribution in [0.5, 0.6) is 0 Å². The third kappa shape index (κ3) is 5.33. The lowest BCUT2D eigenvalue weighted by Gasteiger charge is -2.26. The van der Waals surface area contributed by atoms with Crippen molar-refractivity contribution in [3.05, 3.63) is 113 Å². The number of hydrogen-bond donors (Lipinski definition) is 2. The third-order valence-electron chi connectivity index (χ3n) is 6.01. The van der Waals surface area contributed by atoms with Crippen LogP contribution < -0.4 is 4.90 Å². The minimum absolute atomic E-state index is 0.148. The van der Waals surface area contributed by atoms with Crippen LogP contribution in [-0.4, -0.2) is 23.4 Å². The van der Waals surface area contributed by atoms with Gasteiger partial charge < -0.3 is 15.1 Å². The van der Waals surface area contributed by atoms with Crippen LogP contribution in [0.15, 0.2) is 91.0 Å². The number of hydrogen-bond acceptors (Lipinski definition) is 3. The molecule has 0 aliphatic carbocycles. The van der Waals surface area contributed by atoms with Crippen molar-refractivity contribution in [2.45, 2.75) is 26.7 Å². The Hall–Kier alpha value is -3.40. The minimum Gasteiger partial charge on any atom is -0.396 e. The van der Waals surface area contributed by atoms with E-state index in [0.717, 1.165) is 28.2 Å². The van der Waals surface area contributed by atoms with Gasteiger partial charge in [-0.1, -0.05) is 60.2 Å². The van der Waals surface area contributed by atoms with Gasteiger partial charge in [-0.3, -0.25) is 0 Å². The Labute approximate surface area is 196 Å². The van der Waals surface area contributed by atoms with Gasteiger partial charge in [0.05, 0.1) is 0 Å². The van der Waals surface area contributed by atoms with Crippen molar-refractivity contribution in [1.29, 1.82) is 0 Å². The van der Waals surface area contributed by atoms with Gasteiger partial charge in [-0.25, -0.2) is 0 Å². The van der Waals surface area contributed by atoms with Crippen molar-refractivity contribution in [2.75, 3.05) is 18.1 Å². The van der Waals surface area contributed by atoms with Crippen LogP contribution in [0.4, 0.5) is 17.1 Å². The Kier molecular flexibility index (Phi) is 7.23. The highest BCUT2D eigenvalue weighted by Gasteiger charge is 2.13. The molecule has 0 amide bonds. The summed E-state index contributed by atoms with van der Waals surface area (Å²) in [5, 5.41) is 18.5. The molecule has 0 heterocycles. The first-order chi connectivity index (χ1) is 16.1. The van der Waals surface area contributed by atoms with Crippen LogP contribution in [0.1, 0.15) is 22.3 Å². The third-order valence-corrected chi connectivity index (χ3v) is 6.01. The van der Waals surface area contributed by atoms with Gasteiger partial charge >= 0.3 is 0 Å². The van der Waals surface area contributed by atoms with Crippen molar-refractivity contribution in [1.82, 2.24) is 0 Å². The first-order valence-corrected chi connectivity index (χ1v) is 11.5. The maximum absolute atomic E-state index is 9.25. The molecule has 4 aromatic rings. The maximum Gasteiger partial charge on any atom is 0.0471 e. The normalized spacial score (nSPS) is 10.9. The molecule has 3 heteroatoms. The van der Waals surface area contributed by atoms with Crippen LogP contribution in [0.2, 0.25) is 0 Å². The van der Waals surface area contributed by atoms with Gasteiger partial charge in [0, 0.05) is 30.3 Å². The Morgan fingerprint density at radius 1 is 0.576 bits per heavy atom. The molecule has 168 valence electrons. The van der Waals surface area contributed by atoms with Gasteiger partial charge in [-0.15, -0.1) is 0 Å². The second-order valence-electron chi connectivity index (χ2n) is 8.48. The van der Waals surface area contributed by atoms with Crippen LogP contribution >= 0.6 is 0 Å². The van der Waals surface area contributed by atoms with E-state index in [4.69, 9.17) is 0 Å². The monoisotopic (exact) mass is 437 g/mol. The van der Waals surface area contributed by atoms with E-state index in [1.165, 1.54) is 22.3 Å². The fraction of sp³-hybridized carbons (Fsp3) is 0.200. The van der Waals surface area contributed by atoms with Crippen LogP contribution in [-0.2, 0) is 12.8 Å². The van der Waals surface area contributed by atoms with E-state index in [1.807, 2.05) is 0 Å². The molecule has 0 aromatic heterocycles. The largest absolute Gasteiger partial charge is 0.396 e. The van der Waals surface area contributed by atoms with E-state index >= 15 is 0 Å². The van der Waals surface area contributed by atoms with Crippen molar-refractivity contribution in [3.8, 4) is 11.1 Å². The molecule has 0 unspecified atom stereocenters. The van der Waals surface area contributed by atoms with Gasteiger partial charge in [0.2, 0.25) is 0 Å². The Balaban J connectivity index is 1.72. The summed E-state index contributed by atoms with van der Waals surface area (Å²) in [5.74, 6) is 0. The molecule has 0 saturated heterocycles. The van der Waals surface area contributed by atoms with E-state index in [9.17, 15) is 10.2 Å². The lowest BCUT2D eigenvalue weighted by Crippen LogP contribution is -2.10. The summed E-state index contributed by atoms with van der Waals surface area (Å²) in [4.78, 5) is 2.23. The summed E-state index contributed by atoms with van der Waals surface area (Å²) in [6.45, 7) is 4.57. The maximum atomic E-state index is 9.25. The van der Waals surface area contributed by atoms with E-state index in [-0.39, 0.29) is 13.2 Å². The molecular formula is C30H31NO2. The van der Waals surface area contributed by atoms with Crippen LogP contribution in [0.25, 0.3) is 11.1 Å². The Morgan fingerprint density at radius 3 is 1.45 bits per heavy atom. The predicted octanol–water partition coefficient (Wildman–Crippen LogP) is 6.51. The quantitative estimate of drug-likeness (QED) is 0.330. The number of aryl methyl sites for hydroxylation is 2. The summed E-state index contributed by atoms with van der Waals surface area (Å²) in [6.07, 6.45) is 1.31. The highest BCUT2D eigenvalue weighted by Crippen LogP contribution is 2.36. The Morgan fingerprint density at radius 2 is 1.03 bits per heavy atom. The summed E-state index contributed by atoms with van der Waals surface area (Å²) in [5.41, 5.74) is 10.4. The van der Waals surface area contributed by atoms with Crippen molar-refractivity contribution in [3.63, 3.8) is 0 Å². The van der Waals surface area contributed by atoms with E-state index in [2.05, 4.69) is 110 Å². The summed E-state index contributed by atoms with van der Waals surface area (Å²) >= 11 is 0. The average Bonchev–Trinajstić information content (AvgIpc) is 2.82. The number of aliphatic hydroxyl groups is 2. The molecule has 0 atom stereocenters. The van der Waals surface area contributed by atoms with Crippen molar-refractivity contribution < 1.29 is 10.2 Å². The SMILES string of the molecule is Cc1ccc(-c2ccc(N(c3ccc(CCO)cc3)c3ccc(CCO)cc3)cc2)c(C)c1. The molecular weight excluding hydrogens is 406 g/mol. The predicted molar refractivity (Wildman–Crippen MR) is 138 cm³/mol. The average molecular weight is 438 g/mol. The minimum atomic E-state index is 0.148. The number of rotatable bonds is 8. The molecule has 0 saturated carbocycles. The number of benzene rings is 4. The standard InChI is InChI=1S/C30H31NO2/c1-22-3-16-30(23(2)21-22)26-8-14-29(15-9-26)31(27-10-4-24(5-11-27)17-19-32)28-12-6-25(7-13-28)18-20-33/h3-16,21,32-33H,17-20H2,1-2H3. The molecule has 4 rings (SSSR count). The van der Waals surface area contributed by atoms with Crippen molar-refractivity contribution >= 4 is 17.1 Å². The molecule has 0 radical (unpaired) electrons. The molecule has 0 fully saturated rings. The second kappa shape index (κ2) is 10.5. The highest BCUT2D eigenvalue weighted by molar-refractivity contribution is 5.79.